The van der Waals surface area contributed by atoms with Crippen molar-refractivity contribution in [3.05, 3.63) is 0 Å². The Kier molecular flexibility index (Phi) is 5.56. The van der Waals surface area contributed by atoms with Crippen LogP contribution in [0.15, 0.2) is 0 Å². The van der Waals surface area contributed by atoms with Crippen molar-refractivity contribution in [2.75, 3.05) is 5.75 Å². The van der Waals surface area contributed by atoms with Crippen LogP contribution in [0.2, 0.25) is 0 Å². The monoisotopic (exact) mass is 266 g/mol. The standard InChI is InChI=1S/C9H18N2O5S/c1-9(2,6-7(10)12)11-17(15,16)5-3-4-8(13)14/h11H,3-6H2,1-2H3,(H2,10,12)(H,13,14). The number of carbonyl (C=O) groups excluding carboxylic acids is 1. The molecular weight excluding hydrogens is 248 g/mol. The van der Waals surface area contributed by atoms with Crippen molar-refractivity contribution in [2.45, 2.75) is 38.6 Å². The molecule has 0 saturated heterocycles. The maximum absolute atomic E-state index is 11.6. The molecule has 0 aliphatic rings. The summed E-state index contributed by atoms with van der Waals surface area (Å²) in [4.78, 5) is 21.0. The molecule has 7 nitrogen and oxygen atoms in total. The van der Waals surface area contributed by atoms with Crippen LogP contribution in [0.5, 0.6) is 0 Å². The first-order valence-corrected chi connectivity index (χ1v) is 6.71. The summed E-state index contributed by atoms with van der Waals surface area (Å²) in [6.45, 7) is 3.07. The second-order valence-corrected chi connectivity index (χ2v) is 6.29. The number of sulfonamides is 1. The Bertz CT molecular complexity index is 388. The predicted molar refractivity (Wildman–Crippen MR) is 61.7 cm³/mol. The van der Waals surface area contributed by atoms with Crippen molar-refractivity contribution < 1.29 is 23.1 Å². The maximum Gasteiger partial charge on any atom is 0.303 e. The minimum absolute atomic E-state index is 0.0251. The average molecular weight is 266 g/mol. The van der Waals surface area contributed by atoms with Gasteiger partial charge in [0.1, 0.15) is 0 Å². The topological polar surface area (TPSA) is 127 Å². The predicted octanol–water partition coefficient (Wildman–Crippen LogP) is -0.575. The number of nitrogens with one attached hydrogen (secondary N) is 1. The van der Waals surface area contributed by atoms with Crippen molar-refractivity contribution in [3.63, 3.8) is 0 Å². The molecule has 0 bridgehead atoms. The minimum atomic E-state index is -3.60. The number of carboxylic acid groups (broad SMARTS) is 1. The van der Waals surface area contributed by atoms with Gasteiger partial charge in [-0.15, -0.1) is 0 Å². The van der Waals surface area contributed by atoms with Crippen LogP contribution in [0.3, 0.4) is 0 Å². The van der Waals surface area contributed by atoms with Crippen LogP contribution >= 0.6 is 0 Å². The number of carboxylic acids is 1. The van der Waals surface area contributed by atoms with Gasteiger partial charge in [-0.05, 0) is 20.3 Å². The molecule has 0 aromatic rings. The molecule has 0 atom stereocenters. The van der Waals surface area contributed by atoms with E-state index in [0.29, 0.717) is 0 Å². The van der Waals surface area contributed by atoms with E-state index in [1.807, 2.05) is 0 Å². The van der Waals surface area contributed by atoms with Crippen molar-refractivity contribution in [1.82, 2.24) is 4.72 Å². The summed E-state index contributed by atoms with van der Waals surface area (Å²) in [6, 6.07) is 0. The second kappa shape index (κ2) is 5.97. The first-order chi connectivity index (χ1) is 7.54. The zero-order valence-corrected chi connectivity index (χ0v) is 10.7. The lowest BCUT2D eigenvalue weighted by Crippen LogP contribution is -2.46. The third-order valence-electron chi connectivity index (χ3n) is 1.85. The van der Waals surface area contributed by atoms with Crippen LogP contribution in [0.1, 0.15) is 33.1 Å². The number of carbonyl (C=O) groups is 2. The van der Waals surface area contributed by atoms with Crippen LogP contribution in [-0.2, 0) is 19.6 Å². The van der Waals surface area contributed by atoms with Gasteiger partial charge in [0.25, 0.3) is 0 Å². The molecule has 0 radical (unpaired) electrons. The molecule has 0 unspecified atom stereocenters. The summed E-state index contributed by atoms with van der Waals surface area (Å²) in [5.74, 6) is -1.94. The molecule has 17 heavy (non-hydrogen) atoms. The second-order valence-electron chi connectivity index (χ2n) is 4.45. The van der Waals surface area contributed by atoms with Gasteiger partial charge < -0.3 is 10.8 Å². The first-order valence-electron chi connectivity index (χ1n) is 5.06. The molecule has 0 fully saturated rings. The highest BCUT2D eigenvalue weighted by Gasteiger charge is 2.26. The maximum atomic E-state index is 11.6. The van der Waals surface area contributed by atoms with Crippen LogP contribution in [0, 0.1) is 0 Å². The van der Waals surface area contributed by atoms with Crippen LogP contribution in [-0.4, -0.2) is 36.7 Å². The SMILES string of the molecule is CC(C)(CC(N)=O)NS(=O)(=O)CCCC(=O)O. The third kappa shape index (κ3) is 8.64. The summed E-state index contributed by atoms with van der Waals surface area (Å²) < 4.78 is 25.4. The summed E-state index contributed by atoms with van der Waals surface area (Å²) in [5, 5.41) is 8.39. The highest BCUT2D eigenvalue weighted by atomic mass is 32.2. The molecule has 0 spiro atoms. The van der Waals surface area contributed by atoms with Crippen molar-refractivity contribution in [1.29, 1.82) is 0 Å². The Labute approximate surface area is 100 Å². The highest BCUT2D eigenvalue weighted by molar-refractivity contribution is 7.89. The smallest absolute Gasteiger partial charge is 0.303 e. The van der Waals surface area contributed by atoms with Crippen LogP contribution < -0.4 is 10.5 Å². The Hall–Kier alpha value is -1.15. The Morgan fingerprint density at radius 3 is 2.29 bits per heavy atom. The molecule has 100 valence electrons. The van der Waals surface area contributed by atoms with Crippen molar-refractivity contribution >= 4 is 21.9 Å². The van der Waals surface area contributed by atoms with E-state index in [-0.39, 0.29) is 25.0 Å². The van der Waals surface area contributed by atoms with Gasteiger partial charge in [-0.1, -0.05) is 0 Å². The van der Waals surface area contributed by atoms with E-state index in [4.69, 9.17) is 10.8 Å². The van der Waals surface area contributed by atoms with E-state index in [9.17, 15) is 18.0 Å². The van der Waals surface area contributed by atoms with Crippen molar-refractivity contribution in [3.8, 4) is 0 Å². The number of hydrogen-bond acceptors (Lipinski definition) is 4. The molecule has 0 aliphatic heterocycles. The molecule has 1 amide bonds. The van der Waals surface area contributed by atoms with E-state index in [0.717, 1.165) is 0 Å². The lowest BCUT2D eigenvalue weighted by Gasteiger charge is -2.24. The van der Waals surface area contributed by atoms with Crippen LogP contribution in [0.4, 0.5) is 0 Å². The molecular formula is C9H18N2O5S. The van der Waals surface area contributed by atoms with E-state index in [1.54, 1.807) is 0 Å². The van der Waals surface area contributed by atoms with Gasteiger partial charge in [0.2, 0.25) is 15.9 Å². The number of nitrogens with two attached hydrogens (primary N) is 1. The molecule has 0 heterocycles. The highest BCUT2D eigenvalue weighted by Crippen LogP contribution is 2.10. The zero-order chi connectivity index (χ0) is 13.7. The average Bonchev–Trinajstić information content (AvgIpc) is 1.95. The molecule has 0 aliphatic carbocycles. The molecule has 8 heteroatoms. The number of aliphatic carboxylic acids is 1. The quantitative estimate of drug-likeness (QED) is 0.542. The fourth-order valence-electron chi connectivity index (χ4n) is 1.36. The lowest BCUT2D eigenvalue weighted by atomic mass is 10.0. The molecule has 0 saturated carbocycles. The number of primary amides is 1. The van der Waals surface area contributed by atoms with Gasteiger partial charge in [-0.25, -0.2) is 13.1 Å². The Morgan fingerprint density at radius 2 is 1.88 bits per heavy atom. The van der Waals surface area contributed by atoms with Gasteiger partial charge in [-0.3, -0.25) is 9.59 Å². The number of hydrogen-bond donors (Lipinski definition) is 3. The molecule has 0 rings (SSSR count). The van der Waals surface area contributed by atoms with E-state index < -0.39 is 27.4 Å². The third-order valence-corrected chi connectivity index (χ3v) is 3.54. The summed E-state index contributed by atoms with van der Waals surface area (Å²) >= 11 is 0. The van der Waals surface area contributed by atoms with Gasteiger partial charge in [0, 0.05) is 18.4 Å². The van der Waals surface area contributed by atoms with Gasteiger partial charge in [0.15, 0.2) is 0 Å². The van der Waals surface area contributed by atoms with E-state index in [1.165, 1.54) is 13.8 Å². The summed E-state index contributed by atoms with van der Waals surface area (Å²) in [5.41, 5.74) is 4.02. The van der Waals surface area contributed by atoms with Gasteiger partial charge >= 0.3 is 5.97 Å². The van der Waals surface area contributed by atoms with E-state index in [2.05, 4.69) is 4.72 Å². The van der Waals surface area contributed by atoms with Crippen LogP contribution in [0.25, 0.3) is 0 Å². The fraction of sp³-hybridized carbons (Fsp3) is 0.778. The molecule has 0 aromatic carbocycles. The summed E-state index contributed by atoms with van der Waals surface area (Å²) in [7, 11) is -3.60. The minimum Gasteiger partial charge on any atom is -0.481 e. The van der Waals surface area contributed by atoms with E-state index >= 15 is 0 Å². The van der Waals surface area contributed by atoms with Gasteiger partial charge in [0.05, 0.1) is 5.75 Å². The lowest BCUT2D eigenvalue weighted by molar-refractivity contribution is -0.137. The first kappa shape index (κ1) is 15.9. The largest absolute Gasteiger partial charge is 0.481 e. The van der Waals surface area contributed by atoms with Crippen molar-refractivity contribution in [2.24, 2.45) is 5.73 Å². The molecule has 4 N–H and O–H groups in total. The number of amides is 1. The summed E-state index contributed by atoms with van der Waals surface area (Å²) in [6.07, 6.45) is -0.306. The van der Waals surface area contributed by atoms with Gasteiger partial charge in [-0.2, -0.15) is 0 Å². The fourth-order valence-corrected chi connectivity index (χ4v) is 2.90. The Balaban J connectivity index is 4.34. The number of rotatable bonds is 8. The Morgan fingerprint density at radius 1 is 1.35 bits per heavy atom. The zero-order valence-electron chi connectivity index (χ0n) is 9.89. The molecule has 0 aromatic heterocycles. The normalized spacial score (nSPS) is 12.4.